The molecule has 0 atom stereocenters. The van der Waals surface area contributed by atoms with Gasteiger partial charge in [0, 0.05) is 10.0 Å². The Labute approximate surface area is 174 Å². The van der Waals surface area contributed by atoms with Crippen LogP contribution in [0.25, 0.3) is 6.08 Å². The SMILES string of the molecule is CCCOc1c(Br)cc(/C=C2\N=C(c3cccc(Br)c3)OC2=O)cc1OC. The molecule has 1 aliphatic heterocycles. The minimum absolute atomic E-state index is 0.223. The van der Waals surface area contributed by atoms with Crippen LogP contribution in [0.4, 0.5) is 0 Å². The quantitative estimate of drug-likeness (QED) is 0.401. The fourth-order valence-corrected chi connectivity index (χ4v) is 3.45. The molecular formula is C20H17Br2NO4. The second kappa shape index (κ2) is 8.71. The summed E-state index contributed by atoms with van der Waals surface area (Å²) in [6, 6.07) is 11.1. The highest BCUT2D eigenvalue weighted by Crippen LogP contribution is 2.37. The van der Waals surface area contributed by atoms with Gasteiger partial charge in [-0.15, -0.1) is 0 Å². The molecule has 0 radical (unpaired) electrons. The predicted molar refractivity (Wildman–Crippen MR) is 111 cm³/mol. The molecule has 0 spiro atoms. The van der Waals surface area contributed by atoms with Crippen LogP contribution in [0.5, 0.6) is 11.5 Å². The predicted octanol–water partition coefficient (Wildman–Crippen LogP) is 5.35. The summed E-state index contributed by atoms with van der Waals surface area (Å²) in [5.74, 6) is 0.994. The van der Waals surface area contributed by atoms with E-state index in [1.807, 2.05) is 37.3 Å². The number of ether oxygens (including phenoxy) is 3. The number of benzene rings is 2. The van der Waals surface area contributed by atoms with Gasteiger partial charge in [0.05, 0.1) is 18.2 Å². The van der Waals surface area contributed by atoms with E-state index in [9.17, 15) is 4.79 Å². The van der Waals surface area contributed by atoms with Crippen molar-refractivity contribution >= 4 is 49.8 Å². The highest BCUT2D eigenvalue weighted by Gasteiger charge is 2.24. The smallest absolute Gasteiger partial charge is 0.363 e. The van der Waals surface area contributed by atoms with Crippen LogP contribution in [0, 0.1) is 0 Å². The second-order valence-electron chi connectivity index (χ2n) is 5.73. The van der Waals surface area contributed by atoms with Crippen LogP contribution < -0.4 is 9.47 Å². The number of nitrogens with zero attached hydrogens (tertiary/aromatic N) is 1. The number of aliphatic imine (C=N–C) groups is 1. The number of halogens is 2. The maximum absolute atomic E-state index is 12.2. The van der Waals surface area contributed by atoms with Gasteiger partial charge in [0.2, 0.25) is 5.90 Å². The van der Waals surface area contributed by atoms with Crippen LogP contribution >= 0.6 is 31.9 Å². The third kappa shape index (κ3) is 4.59. The Morgan fingerprint density at radius 1 is 1.22 bits per heavy atom. The van der Waals surface area contributed by atoms with E-state index < -0.39 is 5.97 Å². The van der Waals surface area contributed by atoms with E-state index in [4.69, 9.17) is 14.2 Å². The summed E-state index contributed by atoms with van der Waals surface area (Å²) in [4.78, 5) is 16.5. The van der Waals surface area contributed by atoms with Crippen molar-refractivity contribution in [1.82, 2.24) is 0 Å². The molecule has 2 aromatic carbocycles. The molecule has 0 unspecified atom stereocenters. The van der Waals surface area contributed by atoms with E-state index in [0.717, 1.165) is 26.5 Å². The minimum atomic E-state index is -0.494. The lowest BCUT2D eigenvalue weighted by atomic mass is 10.1. The summed E-state index contributed by atoms with van der Waals surface area (Å²) in [5, 5.41) is 0. The number of carbonyl (C=O) groups is 1. The molecule has 0 saturated heterocycles. The van der Waals surface area contributed by atoms with Gasteiger partial charge in [-0.3, -0.25) is 0 Å². The number of hydrogen-bond acceptors (Lipinski definition) is 5. The molecule has 140 valence electrons. The third-order valence-corrected chi connectivity index (χ3v) is 4.78. The lowest BCUT2D eigenvalue weighted by Crippen LogP contribution is -2.05. The fraction of sp³-hybridized carbons (Fsp3) is 0.200. The van der Waals surface area contributed by atoms with Crippen LogP contribution in [-0.4, -0.2) is 25.6 Å². The Morgan fingerprint density at radius 2 is 2.04 bits per heavy atom. The van der Waals surface area contributed by atoms with Crippen LogP contribution in [-0.2, 0) is 9.53 Å². The molecular weight excluding hydrogens is 478 g/mol. The van der Waals surface area contributed by atoms with Gasteiger partial charge in [0.25, 0.3) is 0 Å². The fourth-order valence-electron chi connectivity index (χ4n) is 2.48. The van der Waals surface area contributed by atoms with E-state index in [1.165, 1.54) is 0 Å². The van der Waals surface area contributed by atoms with Crippen molar-refractivity contribution in [3.8, 4) is 11.5 Å². The number of carbonyl (C=O) groups excluding carboxylic acids is 1. The van der Waals surface area contributed by atoms with Crippen molar-refractivity contribution in [1.29, 1.82) is 0 Å². The van der Waals surface area contributed by atoms with Crippen molar-refractivity contribution in [2.75, 3.05) is 13.7 Å². The minimum Gasteiger partial charge on any atom is -0.493 e. The first kappa shape index (κ1) is 19.6. The zero-order valence-corrected chi connectivity index (χ0v) is 18.0. The maximum Gasteiger partial charge on any atom is 0.363 e. The molecule has 2 aromatic rings. The largest absolute Gasteiger partial charge is 0.493 e. The second-order valence-corrected chi connectivity index (χ2v) is 7.50. The van der Waals surface area contributed by atoms with Gasteiger partial charge in [-0.25, -0.2) is 9.79 Å². The molecule has 3 rings (SSSR count). The summed E-state index contributed by atoms with van der Waals surface area (Å²) < 4.78 is 18.1. The molecule has 1 heterocycles. The van der Waals surface area contributed by atoms with Crippen LogP contribution in [0.1, 0.15) is 24.5 Å². The first-order chi connectivity index (χ1) is 13.0. The van der Waals surface area contributed by atoms with E-state index in [0.29, 0.717) is 18.1 Å². The van der Waals surface area contributed by atoms with Gasteiger partial charge in [-0.1, -0.05) is 28.9 Å². The van der Waals surface area contributed by atoms with Crippen molar-refractivity contribution < 1.29 is 19.0 Å². The maximum atomic E-state index is 12.2. The monoisotopic (exact) mass is 493 g/mol. The van der Waals surface area contributed by atoms with E-state index >= 15 is 0 Å². The number of esters is 1. The highest BCUT2D eigenvalue weighted by atomic mass is 79.9. The van der Waals surface area contributed by atoms with Crippen molar-refractivity contribution in [3.05, 3.63) is 62.2 Å². The molecule has 0 fully saturated rings. The molecule has 27 heavy (non-hydrogen) atoms. The highest BCUT2D eigenvalue weighted by molar-refractivity contribution is 9.10. The average molecular weight is 495 g/mol. The zero-order valence-electron chi connectivity index (χ0n) is 14.8. The van der Waals surface area contributed by atoms with E-state index in [2.05, 4.69) is 36.9 Å². The first-order valence-corrected chi connectivity index (χ1v) is 9.89. The van der Waals surface area contributed by atoms with Gasteiger partial charge >= 0.3 is 5.97 Å². The van der Waals surface area contributed by atoms with E-state index in [1.54, 1.807) is 19.3 Å². The first-order valence-electron chi connectivity index (χ1n) is 8.30. The normalized spacial score (nSPS) is 14.9. The molecule has 0 N–H and O–H groups in total. The molecule has 0 aliphatic carbocycles. The molecule has 0 aromatic heterocycles. The molecule has 0 amide bonds. The Kier molecular flexibility index (Phi) is 6.34. The van der Waals surface area contributed by atoms with Gasteiger partial charge in [0.1, 0.15) is 0 Å². The molecule has 7 heteroatoms. The summed E-state index contributed by atoms with van der Waals surface area (Å²) >= 11 is 6.90. The number of rotatable bonds is 6. The Balaban J connectivity index is 1.94. The van der Waals surface area contributed by atoms with Crippen molar-refractivity contribution in [2.45, 2.75) is 13.3 Å². The van der Waals surface area contributed by atoms with Gasteiger partial charge in [-0.2, -0.15) is 0 Å². The third-order valence-electron chi connectivity index (χ3n) is 3.70. The van der Waals surface area contributed by atoms with Gasteiger partial charge in [-0.05, 0) is 64.3 Å². The number of methoxy groups -OCH3 is 1. The van der Waals surface area contributed by atoms with Crippen molar-refractivity contribution in [2.24, 2.45) is 4.99 Å². The summed E-state index contributed by atoms with van der Waals surface area (Å²) in [6.45, 7) is 2.62. The lowest BCUT2D eigenvalue weighted by molar-refractivity contribution is -0.129. The number of hydrogen-bond donors (Lipinski definition) is 0. The van der Waals surface area contributed by atoms with Crippen molar-refractivity contribution in [3.63, 3.8) is 0 Å². The summed E-state index contributed by atoms with van der Waals surface area (Å²) in [6.07, 6.45) is 2.55. The van der Waals surface area contributed by atoms with E-state index in [-0.39, 0.29) is 11.6 Å². The summed E-state index contributed by atoms with van der Waals surface area (Å²) in [7, 11) is 1.57. The van der Waals surface area contributed by atoms with Gasteiger partial charge in [0.15, 0.2) is 17.2 Å². The lowest BCUT2D eigenvalue weighted by Gasteiger charge is -2.13. The molecule has 0 saturated carbocycles. The van der Waals surface area contributed by atoms with Crippen LogP contribution in [0.2, 0.25) is 0 Å². The Hall–Kier alpha value is -2.12. The van der Waals surface area contributed by atoms with Gasteiger partial charge < -0.3 is 14.2 Å². The topological polar surface area (TPSA) is 57.1 Å². The van der Waals surface area contributed by atoms with Crippen LogP contribution in [0.15, 0.2) is 56.0 Å². The summed E-state index contributed by atoms with van der Waals surface area (Å²) in [5.41, 5.74) is 1.69. The molecule has 1 aliphatic rings. The zero-order chi connectivity index (χ0) is 19.4. The molecule has 5 nitrogen and oxygen atoms in total. The van der Waals surface area contributed by atoms with Crippen LogP contribution in [0.3, 0.4) is 0 Å². The molecule has 0 bridgehead atoms. The standard InChI is InChI=1S/C20H17Br2NO4/c1-3-7-26-18-15(22)8-12(10-17(18)25-2)9-16-20(24)27-19(23-16)13-5-4-6-14(21)11-13/h4-6,8-11H,3,7H2,1-2H3/b16-9-. The Morgan fingerprint density at radius 3 is 2.74 bits per heavy atom. The Bertz CT molecular complexity index is 938. The average Bonchev–Trinajstić information content (AvgIpc) is 3.01. The number of cyclic esters (lactones) is 1.